The lowest BCUT2D eigenvalue weighted by atomic mass is 10.2. The molecular formula is C20H19F3N6OS. The predicted octanol–water partition coefficient (Wildman–Crippen LogP) is 4.04. The summed E-state index contributed by atoms with van der Waals surface area (Å²) in [5.41, 5.74) is -0.145. The van der Waals surface area contributed by atoms with Crippen molar-refractivity contribution in [3.8, 4) is 10.6 Å². The van der Waals surface area contributed by atoms with Gasteiger partial charge >= 0.3 is 6.18 Å². The smallest absolute Gasteiger partial charge is 0.334 e. The van der Waals surface area contributed by atoms with Gasteiger partial charge in [0, 0.05) is 31.2 Å². The molecule has 7 nitrogen and oxygen atoms in total. The largest absolute Gasteiger partial charge is 0.433 e. The van der Waals surface area contributed by atoms with Crippen molar-refractivity contribution in [2.45, 2.75) is 26.1 Å². The topological polar surface area (TPSA) is 68.3 Å². The first-order chi connectivity index (χ1) is 14.7. The van der Waals surface area contributed by atoms with Crippen LogP contribution in [0.15, 0.2) is 36.5 Å². The molecule has 0 aliphatic rings. The minimum atomic E-state index is -4.66. The Morgan fingerprint density at radius 1 is 1.23 bits per heavy atom. The van der Waals surface area contributed by atoms with Gasteiger partial charge in [0.1, 0.15) is 0 Å². The maximum absolute atomic E-state index is 13.8. The molecule has 0 radical (unpaired) electrons. The summed E-state index contributed by atoms with van der Waals surface area (Å²) in [4.78, 5) is 20.2. The predicted molar refractivity (Wildman–Crippen MR) is 110 cm³/mol. The molecule has 4 rings (SSSR count). The third-order valence-electron chi connectivity index (χ3n) is 4.87. The monoisotopic (exact) mass is 448 g/mol. The van der Waals surface area contributed by atoms with Gasteiger partial charge in [-0.15, -0.1) is 11.3 Å². The molecule has 162 valence electrons. The summed E-state index contributed by atoms with van der Waals surface area (Å²) in [6, 6.07) is 7.65. The summed E-state index contributed by atoms with van der Waals surface area (Å²) in [6.45, 7) is 2.22. The number of nitrogens with zero attached hydrogens (tertiary/aromatic N) is 6. The van der Waals surface area contributed by atoms with E-state index < -0.39 is 17.8 Å². The van der Waals surface area contributed by atoms with Crippen molar-refractivity contribution in [1.29, 1.82) is 0 Å². The van der Waals surface area contributed by atoms with E-state index in [1.807, 2.05) is 13.0 Å². The van der Waals surface area contributed by atoms with Crippen molar-refractivity contribution >= 4 is 22.9 Å². The van der Waals surface area contributed by atoms with E-state index in [4.69, 9.17) is 0 Å². The first-order valence-corrected chi connectivity index (χ1v) is 10.3. The van der Waals surface area contributed by atoms with Crippen molar-refractivity contribution in [2.75, 3.05) is 7.05 Å². The molecule has 11 heteroatoms. The number of fused-ring (bicyclic) bond motifs is 1. The minimum Gasteiger partial charge on any atom is -0.334 e. The molecule has 0 N–H and O–H groups in total. The summed E-state index contributed by atoms with van der Waals surface area (Å²) in [5.74, 6) is -0.509. The van der Waals surface area contributed by atoms with Gasteiger partial charge in [0.05, 0.1) is 22.8 Å². The zero-order valence-electron chi connectivity index (χ0n) is 17.0. The van der Waals surface area contributed by atoms with E-state index in [0.717, 1.165) is 23.1 Å². The van der Waals surface area contributed by atoms with Crippen LogP contribution >= 0.6 is 11.3 Å². The highest BCUT2D eigenvalue weighted by Gasteiger charge is 2.36. The molecule has 1 amide bonds. The van der Waals surface area contributed by atoms with Gasteiger partial charge in [-0.1, -0.05) is 6.92 Å². The highest BCUT2D eigenvalue weighted by Crippen LogP contribution is 2.34. The second-order valence-electron chi connectivity index (χ2n) is 7.05. The fourth-order valence-electron chi connectivity index (χ4n) is 3.18. The number of thiophene rings is 1. The number of aryl methyl sites for hydroxylation is 2. The molecular weight excluding hydrogens is 429 g/mol. The van der Waals surface area contributed by atoms with Gasteiger partial charge in [0.15, 0.2) is 17.0 Å². The van der Waals surface area contributed by atoms with Crippen molar-refractivity contribution < 1.29 is 18.0 Å². The molecule has 0 aromatic carbocycles. The summed E-state index contributed by atoms with van der Waals surface area (Å²) in [6.07, 6.45) is -2.27. The van der Waals surface area contributed by atoms with Crippen LogP contribution in [0.1, 0.15) is 33.7 Å². The summed E-state index contributed by atoms with van der Waals surface area (Å²) in [7, 11) is 3.30. The Morgan fingerprint density at radius 3 is 2.61 bits per heavy atom. The average molecular weight is 448 g/mol. The first kappa shape index (κ1) is 21.0. The van der Waals surface area contributed by atoms with E-state index in [2.05, 4.69) is 15.2 Å². The Morgan fingerprint density at radius 2 is 2.00 bits per heavy atom. The number of rotatable bonds is 5. The molecule has 0 saturated heterocycles. The second-order valence-corrected chi connectivity index (χ2v) is 8.22. The Kier molecular flexibility index (Phi) is 5.29. The fraction of sp³-hybridized carbons (Fsp3) is 0.300. The van der Waals surface area contributed by atoms with Crippen molar-refractivity contribution in [2.24, 2.45) is 7.05 Å². The summed E-state index contributed by atoms with van der Waals surface area (Å²) < 4.78 is 43.6. The molecule has 0 bridgehead atoms. The number of carbonyl (C=O) groups excluding carboxylic acids is 1. The van der Waals surface area contributed by atoms with Crippen molar-refractivity contribution in [1.82, 2.24) is 29.3 Å². The van der Waals surface area contributed by atoms with Gasteiger partial charge in [-0.2, -0.15) is 23.4 Å². The third-order valence-corrected chi connectivity index (χ3v) is 6.12. The van der Waals surface area contributed by atoms with Crippen LogP contribution in [0.25, 0.3) is 16.2 Å². The lowest BCUT2D eigenvalue weighted by Gasteiger charge is -2.15. The van der Waals surface area contributed by atoms with Gasteiger partial charge in [-0.25, -0.2) is 9.50 Å². The minimum absolute atomic E-state index is 0.0337. The Labute approximate surface area is 179 Å². The van der Waals surface area contributed by atoms with Crippen LogP contribution < -0.4 is 0 Å². The number of hydrogen-bond acceptors (Lipinski definition) is 5. The van der Waals surface area contributed by atoms with Crippen LogP contribution in [0.4, 0.5) is 13.2 Å². The summed E-state index contributed by atoms with van der Waals surface area (Å²) in [5, 5.41) is 7.98. The molecule has 0 fully saturated rings. The number of hydrogen-bond donors (Lipinski definition) is 0. The molecule has 31 heavy (non-hydrogen) atoms. The van der Waals surface area contributed by atoms with Crippen molar-refractivity contribution in [3.63, 3.8) is 0 Å². The maximum Gasteiger partial charge on any atom is 0.433 e. The van der Waals surface area contributed by atoms with Crippen LogP contribution in [-0.4, -0.2) is 42.2 Å². The number of aromatic nitrogens is 5. The van der Waals surface area contributed by atoms with Crippen LogP contribution in [-0.2, 0) is 26.2 Å². The first-order valence-electron chi connectivity index (χ1n) is 9.47. The van der Waals surface area contributed by atoms with E-state index in [1.165, 1.54) is 22.3 Å². The molecule has 4 aromatic rings. The maximum atomic E-state index is 13.8. The standard InChI is InChI=1S/C20H19F3N6OS/c1-4-13-5-6-16(31-13)14-9-17(20(21,22)23)29-18(25-14)10-15(26-29)19(30)27(2)11-12-7-8-24-28(12)3/h5-10H,4,11H2,1-3H3. The van der Waals surface area contributed by atoms with E-state index in [9.17, 15) is 18.0 Å². The molecule has 0 spiro atoms. The fourth-order valence-corrected chi connectivity index (χ4v) is 4.09. The Balaban J connectivity index is 1.74. The molecule has 0 saturated carbocycles. The second kappa shape index (κ2) is 7.80. The van der Waals surface area contributed by atoms with Crippen LogP contribution in [0, 0.1) is 0 Å². The van der Waals surface area contributed by atoms with E-state index in [-0.39, 0.29) is 23.6 Å². The lowest BCUT2D eigenvalue weighted by Crippen LogP contribution is -2.27. The molecule has 0 aliphatic carbocycles. The lowest BCUT2D eigenvalue weighted by molar-refractivity contribution is -0.142. The Hall–Kier alpha value is -3.21. The highest BCUT2D eigenvalue weighted by atomic mass is 32.1. The molecule has 0 aliphatic heterocycles. The van der Waals surface area contributed by atoms with Crippen molar-refractivity contribution in [3.05, 3.63) is 58.5 Å². The van der Waals surface area contributed by atoms with Gasteiger partial charge in [0.25, 0.3) is 5.91 Å². The zero-order chi connectivity index (χ0) is 22.3. The third kappa shape index (κ3) is 4.05. The normalized spacial score (nSPS) is 11.9. The zero-order valence-corrected chi connectivity index (χ0v) is 17.8. The van der Waals surface area contributed by atoms with E-state index in [0.29, 0.717) is 9.39 Å². The van der Waals surface area contributed by atoms with Gasteiger partial charge < -0.3 is 4.90 Å². The van der Waals surface area contributed by atoms with Gasteiger partial charge in [-0.05, 0) is 30.7 Å². The molecule has 0 atom stereocenters. The number of halogens is 3. The van der Waals surface area contributed by atoms with Crippen LogP contribution in [0.5, 0.6) is 0 Å². The van der Waals surface area contributed by atoms with Crippen LogP contribution in [0.2, 0.25) is 0 Å². The molecule has 0 unspecified atom stereocenters. The quantitative estimate of drug-likeness (QED) is 0.462. The summed E-state index contributed by atoms with van der Waals surface area (Å²) >= 11 is 1.39. The average Bonchev–Trinajstić information content (AvgIpc) is 3.45. The van der Waals surface area contributed by atoms with Gasteiger partial charge in [0.2, 0.25) is 0 Å². The Bertz CT molecular complexity index is 1260. The number of alkyl halides is 3. The number of carbonyl (C=O) groups is 1. The SMILES string of the molecule is CCc1ccc(-c2cc(C(F)(F)F)n3nc(C(=O)N(C)Cc4ccnn4C)cc3n2)s1. The van der Waals surface area contributed by atoms with Gasteiger partial charge in [-0.3, -0.25) is 9.48 Å². The van der Waals surface area contributed by atoms with E-state index in [1.54, 1.807) is 37.1 Å². The highest BCUT2D eigenvalue weighted by molar-refractivity contribution is 7.15. The van der Waals surface area contributed by atoms with E-state index >= 15 is 0 Å². The molecule has 4 heterocycles. The number of amides is 1. The van der Waals surface area contributed by atoms with Crippen LogP contribution in [0.3, 0.4) is 0 Å². The molecule has 4 aromatic heterocycles.